The van der Waals surface area contributed by atoms with E-state index in [0.29, 0.717) is 23.2 Å². The van der Waals surface area contributed by atoms with Gasteiger partial charge in [0, 0.05) is 23.2 Å². The van der Waals surface area contributed by atoms with E-state index in [9.17, 15) is 8.78 Å². The molecule has 0 saturated heterocycles. The minimum atomic E-state index is -0.468. The molecule has 0 saturated carbocycles. The normalized spacial score (nSPS) is 11.1. The van der Waals surface area contributed by atoms with Crippen LogP contribution in [0, 0.1) is 11.6 Å². The molecule has 4 heteroatoms. The Balaban J connectivity index is 2.48. The highest BCUT2D eigenvalue weighted by molar-refractivity contribution is 6.30. The third kappa shape index (κ3) is 3.56. The van der Waals surface area contributed by atoms with Crippen molar-refractivity contribution in [1.29, 1.82) is 0 Å². The third-order valence-electron chi connectivity index (χ3n) is 2.99. The molecule has 0 amide bonds. The van der Waals surface area contributed by atoms with Crippen LogP contribution < -0.4 is 5.32 Å². The number of benzene rings is 2. The zero-order chi connectivity index (χ0) is 14.7. The first-order chi connectivity index (χ1) is 9.47. The Bertz CT molecular complexity index is 611. The molecule has 0 spiro atoms. The van der Waals surface area contributed by atoms with Crippen LogP contribution >= 0.6 is 11.6 Å². The fourth-order valence-corrected chi connectivity index (χ4v) is 2.14. The van der Waals surface area contributed by atoms with Gasteiger partial charge in [-0.3, -0.25) is 0 Å². The fourth-order valence-electron chi connectivity index (χ4n) is 1.97. The van der Waals surface area contributed by atoms with Crippen molar-refractivity contribution in [2.24, 2.45) is 0 Å². The zero-order valence-corrected chi connectivity index (χ0v) is 12.1. The Labute approximate surface area is 122 Å². The van der Waals surface area contributed by atoms with Gasteiger partial charge in [0.2, 0.25) is 0 Å². The smallest absolute Gasteiger partial charge is 0.131 e. The van der Waals surface area contributed by atoms with E-state index in [-0.39, 0.29) is 5.56 Å². The molecule has 0 atom stereocenters. The molecule has 2 rings (SSSR count). The molecule has 2 aromatic rings. The Morgan fingerprint density at radius 2 is 1.80 bits per heavy atom. The predicted molar refractivity (Wildman–Crippen MR) is 78.8 cm³/mol. The summed E-state index contributed by atoms with van der Waals surface area (Å²) in [7, 11) is 0. The summed E-state index contributed by atoms with van der Waals surface area (Å²) < 4.78 is 27.3. The van der Waals surface area contributed by atoms with Crippen LogP contribution in [0.4, 0.5) is 8.78 Å². The van der Waals surface area contributed by atoms with E-state index in [2.05, 4.69) is 5.32 Å². The van der Waals surface area contributed by atoms with Crippen LogP contribution in [0.2, 0.25) is 5.02 Å². The second-order valence-corrected chi connectivity index (χ2v) is 5.40. The van der Waals surface area contributed by atoms with Gasteiger partial charge in [0.05, 0.1) is 0 Å². The lowest BCUT2D eigenvalue weighted by atomic mass is 9.99. The number of halogens is 3. The summed E-state index contributed by atoms with van der Waals surface area (Å²) in [5, 5.41) is 3.76. The molecule has 2 aromatic carbocycles. The Morgan fingerprint density at radius 3 is 2.50 bits per heavy atom. The molecular formula is C16H16ClF2N. The first kappa shape index (κ1) is 14.9. The highest BCUT2D eigenvalue weighted by Gasteiger charge is 2.12. The maximum atomic E-state index is 13.9. The molecule has 0 aliphatic rings. The van der Waals surface area contributed by atoms with E-state index in [1.807, 2.05) is 19.9 Å². The maximum absolute atomic E-state index is 13.9. The van der Waals surface area contributed by atoms with E-state index >= 15 is 0 Å². The van der Waals surface area contributed by atoms with E-state index in [0.717, 1.165) is 17.7 Å². The van der Waals surface area contributed by atoms with E-state index in [4.69, 9.17) is 11.6 Å². The monoisotopic (exact) mass is 295 g/mol. The first-order valence-corrected chi connectivity index (χ1v) is 6.82. The highest BCUT2D eigenvalue weighted by Crippen LogP contribution is 2.30. The van der Waals surface area contributed by atoms with Gasteiger partial charge in [-0.25, -0.2) is 8.78 Å². The van der Waals surface area contributed by atoms with Gasteiger partial charge < -0.3 is 5.32 Å². The topological polar surface area (TPSA) is 12.0 Å². The second-order valence-electron chi connectivity index (χ2n) is 4.96. The average Bonchev–Trinajstić information content (AvgIpc) is 2.40. The summed E-state index contributed by atoms with van der Waals surface area (Å²) in [6.45, 7) is 4.62. The molecule has 106 valence electrons. The Hall–Kier alpha value is -1.45. The summed E-state index contributed by atoms with van der Waals surface area (Å²) in [6.07, 6.45) is 0. The lowest BCUT2D eigenvalue weighted by Crippen LogP contribution is -2.22. The minimum Gasteiger partial charge on any atom is -0.310 e. The van der Waals surface area contributed by atoms with Crippen molar-refractivity contribution in [1.82, 2.24) is 5.32 Å². The van der Waals surface area contributed by atoms with Crippen molar-refractivity contribution >= 4 is 11.6 Å². The van der Waals surface area contributed by atoms with E-state index in [1.54, 1.807) is 12.1 Å². The summed E-state index contributed by atoms with van der Waals surface area (Å²) in [4.78, 5) is 0. The van der Waals surface area contributed by atoms with Crippen LogP contribution in [0.1, 0.15) is 19.4 Å². The molecular weight excluding hydrogens is 280 g/mol. The fraction of sp³-hybridized carbons (Fsp3) is 0.250. The van der Waals surface area contributed by atoms with E-state index in [1.165, 1.54) is 6.07 Å². The van der Waals surface area contributed by atoms with Crippen molar-refractivity contribution in [3.05, 3.63) is 58.6 Å². The molecule has 0 bridgehead atoms. The van der Waals surface area contributed by atoms with Gasteiger partial charge in [-0.15, -0.1) is 0 Å². The zero-order valence-electron chi connectivity index (χ0n) is 11.4. The summed E-state index contributed by atoms with van der Waals surface area (Å²) >= 11 is 5.98. The maximum Gasteiger partial charge on any atom is 0.131 e. The van der Waals surface area contributed by atoms with Crippen molar-refractivity contribution < 1.29 is 8.78 Å². The van der Waals surface area contributed by atoms with Crippen molar-refractivity contribution in [3.63, 3.8) is 0 Å². The molecule has 0 heterocycles. The van der Waals surface area contributed by atoms with Crippen molar-refractivity contribution in [2.45, 2.75) is 26.4 Å². The van der Waals surface area contributed by atoms with Gasteiger partial charge in [0.25, 0.3) is 0 Å². The molecule has 1 N–H and O–H groups in total. The lowest BCUT2D eigenvalue weighted by molar-refractivity contribution is 0.587. The summed E-state index contributed by atoms with van der Waals surface area (Å²) in [6, 6.07) is 8.98. The lowest BCUT2D eigenvalue weighted by Gasteiger charge is -2.14. The molecule has 0 aliphatic heterocycles. The largest absolute Gasteiger partial charge is 0.310 e. The van der Waals surface area contributed by atoms with Gasteiger partial charge >= 0.3 is 0 Å². The van der Waals surface area contributed by atoms with Gasteiger partial charge in [0.15, 0.2) is 0 Å². The Morgan fingerprint density at radius 1 is 1.05 bits per heavy atom. The number of nitrogens with one attached hydrogen (secondary N) is 1. The summed E-state index contributed by atoms with van der Waals surface area (Å²) in [5.74, 6) is -0.927. The van der Waals surface area contributed by atoms with Crippen LogP contribution in [0.25, 0.3) is 11.1 Å². The molecule has 1 nitrogen and oxygen atoms in total. The van der Waals surface area contributed by atoms with Gasteiger partial charge in [0.1, 0.15) is 11.6 Å². The van der Waals surface area contributed by atoms with Crippen LogP contribution in [0.3, 0.4) is 0 Å². The summed E-state index contributed by atoms with van der Waals surface area (Å²) in [5.41, 5.74) is 1.73. The van der Waals surface area contributed by atoms with Crippen LogP contribution in [0.15, 0.2) is 36.4 Å². The molecule has 20 heavy (non-hydrogen) atoms. The van der Waals surface area contributed by atoms with Crippen LogP contribution in [-0.4, -0.2) is 6.04 Å². The van der Waals surface area contributed by atoms with Crippen molar-refractivity contribution in [2.75, 3.05) is 0 Å². The van der Waals surface area contributed by atoms with Crippen LogP contribution in [-0.2, 0) is 6.54 Å². The molecule has 0 radical (unpaired) electrons. The standard InChI is InChI=1S/C16H16ClF2N/c1-10(2)20-9-11-3-4-12(17)7-14(11)15-8-13(18)5-6-16(15)19/h3-8,10,20H,9H2,1-2H3. The van der Waals surface area contributed by atoms with Gasteiger partial charge in [-0.1, -0.05) is 31.5 Å². The quantitative estimate of drug-likeness (QED) is 0.855. The second kappa shape index (κ2) is 6.33. The van der Waals surface area contributed by atoms with Crippen LogP contribution in [0.5, 0.6) is 0 Å². The molecule has 0 aromatic heterocycles. The predicted octanol–water partition coefficient (Wildman–Crippen LogP) is 4.78. The number of hydrogen-bond donors (Lipinski definition) is 1. The highest BCUT2D eigenvalue weighted by atomic mass is 35.5. The van der Waals surface area contributed by atoms with Gasteiger partial charge in [-0.05, 0) is 41.5 Å². The molecule has 0 aliphatic carbocycles. The van der Waals surface area contributed by atoms with Gasteiger partial charge in [-0.2, -0.15) is 0 Å². The van der Waals surface area contributed by atoms with E-state index < -0.39 is 11.6 Å². The first-order valence-electron chi connectivity index (χ1n) is 6.44. The van der Waals surface area contributed by atoms with Crippen molar-refractivity contribution in [3.8, 4) is 11.1 Å². The third-order valence-corrected chi connectivity index (χ3v) is 3.23. The Kier molecular flexibility index (Phi) is 4.73. The molecule has 0 fully saturated rings. The molecule has 0 unspecified atom stereocenters. The number of hydrogen-bond acceptors (Lipinski definition) is 1. The minimum absolute atomic E-state index is 0.230. The SMILES string of the molecule is CC(C)NCc1ccc(Cl)cc1-c1cc(F)ccc1F. The average molecular weight is 296 g/mol. The number of rotatable bonds is 4.